The molecule has 7 heteroatoms. The maximum atomic E-state index is 12.5. The van der Waals surface area contributed by atoms with Crippen LogP contribution >= 0.6 is 0 Å². The number of nitrogens with zero attached hydrogens (tertiary/aromatic N) is 1. The number of aliphatic carboxylic acids is 1. The first-order chi connectivity index (χ1) is 11.9. The van der Waals surface area contributed by atoms with Gasteiger partial charge in [0.05, 0.1) is 18.5 Å². The monoisotopic (exact) mass is 340 g/mol. The van der Waals surface area contributed by atoms with E-state index in [4.69, 9.17) is 5.11 Å². The molecule has 1 fully saturated rings. The van der Waals surface area contributed by atoms with Crippen LogP contribution in [0.4, 0.5) is 11.4 Å². The summed E-state index contributed by atoms with van der Waals surface area (Å²) in [5.41, 5.74) is 1.64. The molecule has 0 radical (unpaired) electrons. The largest absolute Gasteiger partial charge is 0.508 e. The lowest BCUT2D eigenvalue weighted by molar-refractivity contribution is -0.136. The van der Waals surface area contributed by atoms with E-state index in [0.29, 0.717) is 16.9 Å². The SMILES string of the molecule is O=C(O)Cc1ccc(N2C(=O)CC(Nc3ccc(O)cc3)C2=O)cc1. The third kappa shape index (κ3) is 3.60. The van der Waals surface area contributed by atoms with Gasteiger partial charge in [-0.1, -0.05) is 12.1 Å². The molecule has 0 saturated carbocycles. The Hall–Kier alpha value is -3.35. The number of anilines is 2. The Balaban J connectivity index is 1.74. The molecule has 2 amide bonds. The molecule has 25 heavy (non-hydrogen) atoms. The Morgan fingerprint density at radius 2 is 1.72 bits per heavy atom. The van der Waals surface area contributed by atoms with Gasteiger partial charge in [-0.25, -0.2) is 4.90 Å². The number of carbonyl (C=O) groups is 3. The van der Waals surface area contributed by atoms with E-state index < -0.39 is 12.0 Å². The van der Waals surface area contributed by atoms with Crippen molar-refractivity contribution in [2.75, 3.05) is 10.2 Å². The Bertz CT molecular complexity index is 814. The topological polar surface area (TPSA) is 107 Å². The van der Waals surface area contributed by atoms with Crippen molar-refractivity contribution in [2.24, 2.45) is 0 Å². The molecule has 2 aromatic rings. The molecule has 1 atom stereocenters. The highest BCUT2D eigenvalue weighted by molar-refractivity contribution is 6.23. The van der Waals surface area contributed by atoms with Crippen molar-refractivity contribution in [1.82, 2.24) is 0 Å². The summed E-state index contributed by atoms with van der Waals surface area (Å²) in [7, 11) is 0. The zero-order valence-electron chi connectivity index (χ0n) is 13.2. The molecule has 1 aliphatic rings. The number of imide groups is 1. The average molecular weight is 340 g/mol. The lowest BCUT2D eigenvalue weighted by Gasteiger charge is -2.16. The van der Waals surface area contributed by atoms with E-state index in [2.05, 4.69) is 5.32 Å². The van der Waals surface area contributed by atoms with Crippen molar-refractivity contribution >= 4 is 29.2 Å². The number of carboxylic acid groups (broad SMARTS) is 1. The van der Waals surface area contributed by atoms with Crippen LogP contribution < -0.4 is 10.2 Å². The molecule has 1 unspecified atom stereocenters. The fraction of sp³-hybridized carbons (Fsp3) is 0.167. The summed E-state index contributed by atoms with van der Waals surface area (Å²) in [6.45, 7) is 0. The highest BCUT2D eigenvalue weighted by Gasteiger charge is 2.39. The third-order valence-electron chi connectivity index (χ3n) is 3.90. The van der Waals surface area contributed by atoms with E-state index in [0.717, 1.165) is 4.90 Å². The van der Waals surface area contributed by atoms with E-state index in [1.165, 1.54) is 12.1 Å². The second-order valence-electron chi connectivity index (χ2n) is 5.75. The summed E-state index contributed by atoms with van der Waals surface area (Å²) in [4.78, 5) is 36.6. The van der Waals surface area contributed by atoms with Gasteiger partial charge in [-0.05, 0) is 42.0 Å². The van der Waals surface area contributed by atoms with Crippen molar-refractivity contribution in [3.63, 3.8) is 0 Å². The molecule has 0 spiro atoms. The van der Waals surface area contributed by atoms with Crippen LogP contribution in [0.2, 0.25) is 0 Å². The lowest BCUT2D eigenvalue weighted by atomic mass is 10.1. The molecule has 0 bridgehead atoms. The molecule has 0 aromatic heterocycles. The Labute approximate surface area is 143 Å². The molecule has 7 nitrogen and oxygen atoms in total. The van der Waals surface area contributed by atoms with E-state index in [9.17, 15) is 19.5 Å². The number of benzene rings is 2. The summed E-state index contributed by atoms with van der Waals surface area (Å²) in [5, 5.41) is 21.1. The van der Waals surface area contributed by atoms with Crippen LogP contribution in [0.3, 0.4) is 0 Å². The van der Waals surface area contributed by atoms with E-state index in [1.54, 1.807) is 36.4 Å². The smallest absolute Gasteiger partial charge is 0.307 e. The number of amides is 2. The van der Waals surface area contributed by atoms with Crippen molar-refractivity contribution in [2.45, 2.75) is 18.9 Å². The van der Waals surface area contributed by atoms with E-state index in [1.807, 2.05) is 0 Å². The number of carbonyl (C=O) groups excluding carboxylic acids is 2. The van der Waals surface area contributed by atoms with Gasteiger partial charge < -0.3 is 15.5 Å². The Morgan fingerprint density at radius 3 is 2.32 bits per heavy atom. The van der Waals surface area contributed by atoms with Crippen LogP contribution in [-0.2, 0) is 20.8 Å². The zero-order valence-corrected chi connectivity index (χ0v) is 13.2. The van der Waals surface area contributed by atoms with Gasteiger partial charge in [0.2, 0.25) is 5.91 Å². The van der Waals surface area contributed by atoms with Crippen molar-refractivity contribution in [1.29, 1.82) is 0 Å². The summed E-state index contributed by atoms with van der Waals surface area (Å²) >= 11 is 0. The summed E-state index contributed by atoms with van der Waals surface area (Å²) < 4.78 is 0. The van der Waals surface area contributed by atoms with Crippen LogP contribution in [0, 0.1) is 0 Å². The highest BCUT2D eigenvalue weighted by atomic mass is 16.4. The minimum atomic E-state index is -0.945. The molecule has 2 aromatic carbocycles. The summed E-state index contributed by atoms with van der Waals surface area (Å²) in [6.07, 6.45) is -0.0935. The molecule has 0 aliphatic carbocycles. The molecule has 1 saturated heterocycles. The number of rotatable bonds is 5. The fourth-order valence-electron chi connectivity index (χ4n) is 2.71. The number of hydrogen-bond donors (Lipinski definition) is 3. The molecule has 128 valence electrons. The zero-order chi connectivity index (χ0) is 18.0. The third-order valence-corrected chi connectivity index (χ3v) is 3.90. The van der Waals surface area contributed by atoms with Gasteiger partial charge in [0.15, 0.2) is 0 Å². The Kier molecular flexibility index (Phi) is 4.38. The van der Waals surface area contributed by atoms with Gasteiger partial charge in [-0.15, -0.1) is 0 Å². The quantitative estimate of drug-likeness (QED) is 0.566. The number of nitrogens with one attached hydrogen (secondary N) is 1. The van der Waals surface area contributed by atoms with Crippen LogP contribution in [0.15, 0.2) is 48.5 Å². The van der Waals surface area contributed by atoms with Gasteiger partial charge >= 0.3 is 5.97 Å². The van der Waals surface area contributed by atoms with Crippen molar-refractivity contribution < 1.29 is 24.6 Å². The molecule has 1 aliphatic heterocycles. The predicted octanol–water partition coefficient (Wildman–Crippen LogP) is 1.76. The average Bonchev–Trinajstić information content (AvgIpc) is 2.84. The second-order valence-corrected chi connectivity index (χ2v) is 5.75. The van der Waals surface area contributed by atoms with E-state index in [-0.39, 0.29) is 30.4 Å². The molecule has 1 heterocycles. The molecule has 3 rings (SSSR count). The number of aromatic hydroxyl groups is 1. The number of phenolic OH excluding ortho intramolecular Hbond substituents is 1. The van der Waals surface area contributed by atoms with Crippen molar-refractivity contribution in [3.05, 3.63) is 54.1 Å². The predicted molar refractivity (Wildman–Crippen MR) is 90.4 cm³/mol. The van der Waals surface area contributed by atoms with E-state index >= 15 is 0 Å². The number of carboxylic acids is 1. The van der Waals surface area contributed by atoms with Gasteiger partial charge in [0.1, 0.15) is 11.8 Å². The van der Waals surface area contributed by atoms with Gasteiger partial charge in [-0.3, -0.25) is 14.4 Å². The van der Waals surface area contributed by atoms with Crippen molar-refractivity contribution in [3.8, 4) is 5.75 Å². The second kappa shape index (κ2) is 6.64. The molecule has 3 N–H and O–H groups in total. The molecular weight excluding hydrogens is 324 g/mol. The number of phenols is 1. The maximum Gasteiger partial charge on any atom is 0.307 e. The van der Waals surface area contributed by atoms with Gasteiger partial charge in [0.25, 0.3) is 5.91 Å². The normalized spacial score (nSPS) is 17.0. The van der Waals surface area contributed by atoms with Crippen LogP contribution in [0.1, 0.15) is 12.0 Å². The Morgan fingerprint density at radius 1 is 1.08 bits per heavy atom. The fourth-order valence-corrected chi connectivity index (χ4v) is 2.71. The molecular formula is C18H16N2O5. The summed E-state index contributed by atoms with van der Waals surface area (Å²) in [6, 6.07) is 11.8. The van der Waals surface area contributed by atoms with Gasteiger partial charge in [-0.2, -0.15) is 0 Å². The first-order valence-corrected chi connectivity index (χ1v) is 7.67. The van der Waals surface area contributed by atoms with Crippen LogP contribution in [0.5, 0.6) is 5.75 Å². The van der Waals surface area contributed by atoms with Crippen LogP contribution in [-0.4, -0.2) is 34.0 Å². The lowest BCUT2D eigenvalue weighted by Crippen LogP contribution is -2.34. The standard InChI is InChI=1S/C18H16N2O5/c21-14-7-3-12(4-8-14)19-15-10-16(22)20(18(15)25)13-5-1-11(2-6-13)9-17(23)24/h1-8,15,19,21H,9-10H2,(H,23,24). The minimum Gasteiger partial charge on any atom is -0.508 e. The van der Waals surface area contributed by atoms with Gasteiger partial charge in [0, 0.05) is 5.69 Å². The number of hydrogen-bond acceptors (Lipinski definition) is 5. The maximum absolute atomic E-state index is 12.5. The first-order valence-electron chi connectivity index (χ1n) is 7.67. The highest BCUT2D eigenvalue weighted by Crippen LogP contribution is 2.26. The van der Waals surface area contributed by atoms with Crippen LogP contribution in [0.25, 0.3) is 0 Å². The first kappa shape index (κ1) is 16.5. The summed E-state index contributed by atoms with van der Waals surface area (Å²) in [5.74, 6) is -1.53. The minimum absolute atomic E-state index is 0.0244.